The summed E-state index contributed by atoms with van der Waals surface area (Å²) in [5.74, 6) is -0.726. The van der Waals surface area contributed by atoms with Gasteiger partial charge in [-0.1, -0.05) is 32.6 Å². The van der Waals surface area contributed by atoms with Gasteiger partial charge in [0.1, 0.15) is 6.61 Å². The molecule has 0 atom stereocenters. The Morgan fingerprint density at radius 3 is 1.95 bits per heavy atom. The van der Waals surface area contributed by atoms with Gasteiger partial charge in [-0.25, -0.2) is 0 Å². The van der Waals surface area contributed by atoms with Crippen LogP contribution in [0.4, 0.5) is 0 Å². The second-order valence-electron chi connectivity index (χ2n) is 4.35. The minimum atomic E-state index is -0.392. The van der Waals surface area contributed by atoms with Gasteiger partial charge >= 0.3 is 11.9 Å². The van der Waals surface area contributed by atoms with Gasteiger partial charge in [-0.05, 0) is 6.42 Å². The van der Waals surface area contributed by atoms with Crippen molar-refractivity contribution in [2.75, 3.05) is 26.9 Å². The fraction of sp³-hybridized carbons (Fsp3) is 0.857. The topological polar surface area (TPSA) is 61.8 Å². The van der Waals surface area contributed by atoms with Crippen LogP contribution < -0.4 is 0 Å². The summed E-state index contributed by atoms with van der Waals surface area (Å²) in [6.07, 6.45) is 5.73. The molecule has 0 aliphatic carbocycles. The summed E-state index contributed by atoms with van der Waals surface area (Å²) in [6.45, 7) is 3.20. The molecule has 0 unspecified atom stereocenters. The zero-order chi connectivity index (χ0) is 14.3. The molecule has 0 aromatic rings. The Kier molecular flexibility index (Phi) is 12.6. The van der Waals surface area contributed by atoms with Crippen molar-refractivity contribution in [3.8, 4) is 0 Å². The first-order valence-electron chi connectivity index (χ1n) is 7.00. The molecule has 19 heavy (non-hydrogen) atoms. The van der Waals surface area contributed by atoms with Gasteiger partial charge in [0.15, 0.2) is 0 Å². The molecule has 112 valence electrons. The summed E-state index contributed by atoms with van der Waals surface area (Å²) < 4.78 is 14.6. The number of hydrogen-bond acceptors (Lipinski definition) is 5. The smallest absolute Gasteiger partial charge is 0.306 e. The highest BCUT2D eigenvalue weighted by Crippen LogP contribution is 2.03. The predicted octanol–water partition coefficient (Wildman–Crippen LogP) is 2.47. The lowest BCUT2D eigenvalue weighted by atomic mass is 10.2. The van der Waals surface area contributed by atoms with Gasteiger partial charge in [0.05, 0.1) is 26.1 Å². The van der Waals surface area contributed by atoms with Gasteiger partial charge in [-0.3, -0.25) is 9.59 Å². The molecule has 0 N–H and O–H groups in total. The number of methoxy groups -OCH3 is 1. The van der Waals surface area contributed by atoms with Crippen molar-refractivity contribution in [3.63, 3.8) is 0 Å². The van der Waals surface area contributed by atoms with Crippen LogP contribution >= 0.6 is 0 Å². The van der Waals surface area contributed by atoms with E-state index in [2.05, 4.69) is 6.92 Å². The lowest BCUT2D eigenvalue weighted by molar-refractivity contribution is -0.151. The van der Waals surface area contributed by atoms with Crippen molar-refractivity contribution < 1.29 is 23.8 Å². The normalized spacial score (nSPS) is 10.2. The third kappa shape index (κ3) is 13.1. The van der Waals surface area contributed by atoms with E-state index >= 15 is 0 Å². The van der Waals surface area contributed by atoms with Crippen LogP contribution in [0.5, 0.6) is 0 Å². The van der Waals surface area contributed by atoms with E-state index in [-0.39, 0.29) is 25.4 Å². The average molecular weight is 274 g/mol. The van der Waals surface area contributed by atoms with E-state index in [4.69, 9.17) is 14.2 Å². The van der Waals surface area contributed by atoms with Gasteiger partial charge < -0.3 is 14.2 Å². The van der Waals surface area contributed by atoms with Crippen molar-refractivity contribution in [2.24, 2.45) is 0 Å². The van der Waals surface area contributed by atoms with E-state index in [1.807, 2.05) is 0 Å². The van der Waals surface area contributed by atoms with Crippen molar-refractivity contribution in [3.05, 3.63) is 0 Å². The third-order valence-electron chi connectivity index (χ3n) is 2.59. The van der Waals surface area contributed by atoms with Gasteiger partial charge in [0.2, 0.25) is 0 Å². The summed E-state index contributed by atoms with van der Waals surface area (Å²) in [6, 6.07) is 0. The molecule has 0 bridgehead atoms. The fourth-order valence-electron chi connectivity index (χ4n) is 1.48. The van der Waals surface area contributed by atoms with E-state index < -0.39 is 5.97 Å². The van der Waals surface area contributed by atoms with Crippen LogP contribution in [0.25, 0.3) is 0 Å². The molecule has 0 saturated heterocycles. The maximum atomic E-state index is 11.3. The molecule has 0 amide bonds. The number of hydrogen-bond donors (Lipinski definition) is 0. The van der Waals surface area contributed by atoms with Crippen LogP contribution in [-0.4, -0.2) is 38.9 Å². The maximum absolute atomic E-state index is 11.3. The highest BCUT2D eigenvalue weighted by atomic mass is 16.6. The maximum Gasteiger partial charge on any atom is 0.306 e. The zero-order valence-electron chi connectivity index (χ0n) is 12.1. The van der Waals surface area contributed by atoms with Crippen molar-refractivity contribution in [2.45, 2.75) is 51.9 Å². The molecule has 0 radical (unpaired) electrons. The molecule has 0 rings (SSSR count). The first kappa shape index (κ1) is 17.9. The molecular formula is C14H26O5. The third-order valence-corrected chi connectivity index (χ3v) is 2.59. The highest BCUT2D eigenvalue weighted by Gasteiger charge is 2.08. The molecule has 0 aliphatic heterocycles. The summed E-state index contributed by atoms with van der Waals surface area (Å²) in [5, 5.41) is 0. The van der Waals surface area contributed by atoms with Crippen LogP contribution in [0.1, 0.15) is 51.9 Å². The summed E-state index contributed by atoms with van der Waals surface area (Å²) in [7, 11) is 1.53. The number of rotatable bonds is 12. The number of ether oxygens (including phenoxy) is 3. The molecule has 5 heteroatoms. The van der Waals surface area contributed by atoms with Crippen molar-refractivity contribution in [1.82, 2.24) is 0 Å². The standard InChI is InChI=1S/C14H26O5/c1-3-4-5-6-7-10-18-13(15)8-9-14(16)19-12-11-17-2/h3-12H2,1-2H3. The lowest BCUT2D eigenvalue weighted by Crippen LogP contribution is -2.13. The molecule has 0 saturated carbocycles. The SMILES string of the molecule is CCCCCCCOC(=O)CCC(=O)OCCOC. The Morgan fingerprint density at radius 2 is 1.37 bits per heavy atom. The molecule has 0 heterocycles. The van der Waals surface area contributed by atoms with E-state index in [1.165, 1.54) is 26.4 Å². The predicted molar refractivity (Wildman–Crippen MR) is 71.8 cm³/mol. The van der Waals surface area contributed by atoms with E-state index in [0.717, 1.165) is 12.8 Å². The number of unbranched alkanes of at least 4 members (excludes halogenated alkanes) is 4. The fourth-order valence-corrected chi connectivity index (χ4v) is 1.48. The Balaban J connectivity index is 3.36. The number of carbonyl (C=O) groups excluding carboxylic acids is 2. The van der Waals surface area contributed by atoms with Crippen LogP contribution in [-0.2, 0) is 23.8 Å². The number of carbonyl (C=O) groups is 2. The monoisotopic (exact) mass is 274 g/mol. The largest absolute Gasteiger partial charge is 0.466 e. The van der Waals surface area contributed by atoms with Gasteiger partial charge in [0, 0.05) is 7.11 Å². The van der Waals surface area contributed by atoms with Crippen LogP contribution in [0, 0.1) is 0 Å². The molecule has 0 fully saturated rings. The molecule has 0 spiro atoms. The van der Waals surface area contributed by atoms with Crippen molar-refractivity contribution >= 4 is 11.9 Å². The van der Waals surface area contributed by atoms with Crippen LogP contribution in [0.2, 0.25) is 0 Å². The minimum Gasteiger partial charge on any atom is -0.466 e. The van der Waals surface area contributed by atoms with Gasteiger partial charge in [-0.2, -0.15) is 0 Å². The highest BCUT2D eigenvalue weighted by molar-refractivity contribution is 5.77. The van der Waals surface area contributed by atoms with Gasteiger partial charge in [-0.15, -0.1) is 0 Å². The summed E-state index contributed by atoms with van der Waals surface area (Å²) >= 11 is 0. The Bertz CT molecular complexity index is 240. The van der Waals surface area contributed by atoms with Crippen molar-refractivity contribution in [1.29, 1.82) is 0 Å². The lowest BCUT2D eigenvalue weighted by Gasteiger charge is -2.05. The molecule has 0 aromatic heterocycles. The first-order valence-corrected chi connectivity index (χ1v) is 7.00. The Labute approximate surface area is 115 Å². The molecule has 5 nitrogen and oxygen atoms in total. The van der Waals surface area contributed by atoms with Crippen LogP contribution in [0.15, 0.2) is 0 Å². The Hall–Kier alpha value is -1.10. The quantitative estimate of drug-likeness (QED) is 0.404. The molecule has 0 aliphatic rings. The van der Waals surface area contributed by atoms with Gasteiger partial charge in [0.25, 0.3) is 0 Å². The number of esters is 2. The summed E-state index contributed by atoms with van der Waals surface area (Å²) in [4.78, 5) is 22.5. The van der Waals surface area contributed by atoms with E-state index in [9.17, 15) is 9.59 Å². The molecular weight excluding hydrogens is 248 g/mol. The minimum absolute atomic E-state index is 0.0678. The average Bonchev–Trinajstić information content (AvgIpc) is 2.40. The zero-order valence-corrected chi connectivity index (χ0v) is 12.1. The first-order chi connectivity index (χ1) is 9.20. The second kappa shape index (κ2) is 13.3. The van der Waals surface area contributed by atoms with E-state index in [1.54, 1.807) is 0 Å². The molecule has 0 aromatic carbocycles. The van der Waals surface area contributed by atoms with E-state index in [0.29, 0.717) is 13.2 Å². The van der Waals surface area contributed by atoms with Crippen LogP contribution in [0.3, 0.4) is 0 Å². The second-order valence-corrected chi connectivity index (χ2v) is 4.35. The Morgan fingerprint density at radius 1 is 0.789 bits per heavy atom. The summed E-state index contributed by atoms with van der Waals surface area (Å²) in [5.41, 5.74) is 0.